The van der Waals surface area contributed by atoms with Gasteiger partial charge in [0.05, 0.1) is 0 Å². The third kappa shape index (κ3) is 3.58. The van der Waals surface area contributed by atoms with Crippen molar-refractivity contribution in [3.8, 4) is 11.1 Å². The van der Waals surface area contributed by atoms with Crippen LogP contribution in [0.15, 0.2) is 47.5 Å². The zero-order valence-corrected chi connectivity index (χ0v) is 16.7. The van der Waals surface area contributed by atoms with Gasteiger partial charge >= 0.3 is 0 Å². The van der Waals surface area contributed by atoms with Gasteiger partial charge in [0.1, 0.15) is 5.02 Å². The molecule has 2 aromatic heterocycles. The van der Waals surface area contributed by atoms with Crippen LogP contribution < -0.4 is 5.56 Å². The van der Waals surface area contributed by atoms with Crippen LogP contribution in [-0.2, 0) is 6.54 Å². The molecular weight excluding hydrogens is 356 g/mol. The van der Waals surface area contributed by atoms with E-state index < -0.39 is 0 Å². The first-order valence-electron chi connectivity index (χ1n) is 10.2. The average Bonchev–Trinajstić information content (AvgIpc) is 3.13. The molecule has 0 N–H and O–H groups in total. The normalized spacial score (nSPS) is 15.5. The monoisotopic (exact) mass is 382 g/mol. The second kappa shape index (κ2) is 7.93. The molecule has 1 aromatic carbocycles. The van der Waals surface area contributed by atoms with Crippen LogP contribution in [0, 0.1) is 0 Å². The van der Waals surface area contributed by atoms with E-state index in [4.69, 9.17) is 11.6 Å². The largest absolute Gasteiger partial charge is 0.344 e. The average molecular weight is 383 g/mol. The van der Waals surface area contributed by atoms with E-state index in [1.807, 2.05) is 12.3 Å². The fourth-order valence-corrected chi connectivity index (χ4v) is 4.56. The lowest BCUT2D eigenvalue weighted by Gasteiger charge is -2.24. The molecule has 1 fully saturated rings. The summed E-state index contributed by atoms with van der Waals surface area (Å²) in [5.74, 6) is 0. The Morgan fingerprint density at radius 2 is 1.89 bits per heavy atom. The van der Waals surface area contributed by atoms with Crippen molar-refractivity contribution in [3.05, 3.63) is 58.1 Å². The molecule has 142 valence electrons. The summed E-state index contributed by atoms with van der Waals surface area (Å²) in [6.45, 7) is 2.84. The Morgan fingerprint density at radius 1 is 1.07 bits per heavy atom. The minimum atomic E-state index is -0.0949. The minimum absolute atomic E-state index is 0.0949. The molecule has 27 heavy (non-hydrogen) atoms. The van der Waals surface area contributed by atoms with Crippen LogP contribution in [0.25, 0.3) is 22.0 Å². The summed E-state index contributed by atoms with van der Waals surface area (Å²) >= 11 is 6.45. The second-order valence-electron chi connectivity index (χ2n) is 7.68. The van der Waals surface area contributed by atoms with Gasteiger partial charge in [-0.15, -0.1) is 0 Å². The maximum atomic E-state index is 12.6. The van der Waals surface area contributed by atoms with Gasteiger partial charge in [-0.25, -0.2) is 0 Å². The summed E-state index contributed by atoms with van der Waals surface area (Å²) in [6, 6.07) is 11.2. The van der Waals surface area contributed by atoms with E-state index in [1.165, 1.54) is 43.0 Å². The van der Waals surface area contributed by atoms with Crippen molar-refractivity contribution in [1.82, 2.24) is 9.13 Å². The molecule has 0 amide bonds. The molecule has 0 bridgehead atoms. The maximum absolute atomic E-state index is 12.6. The minimum Gasteiger partial charge on any atom is -0.344 e. The van der Waals surface area contributed by atoms with E-state index >= 15 is 0 Å². The van der Waals surface area contributed by atoms with Crippen molar-refractivity contribution < 1.29 is 0 Å². The number of aryl methyl sites for hydroxylation is 1. The van der Waals surface area contributed by atoms with Crippen LogP contribution in [0.5, 0.6) is 0 Å². The molecule has 0 spiro atoms. The Kier molecular flexibility index (Phi) is 5.40. The first-order valence-corrected chi connectivity index (χ1v) is 10.6. The fraction of sp³-hybridized carbons (Fsp3) is 0.435. The van der Waals surface area contributed by atoms with Gasteiger partial charge in [0.2, 0.25) is 0 Å². The predicted molar refractivity (Wildman–Crippen MR) is 114 cm³/mol. The third-order valence-corrected chi connectivity index (χ3v) is 6.22. The summed E-state index contributed by atoms with van der Waals surface area (Å²) in [5.41, 5.74) is 3.01. The van der Waals surface area contributed by atoms with E-state index in [1.54, 1.807) is 4.57 Å². The first-order chi connectivity index (χ1) is 13.2. The Bertz CT molecular complexity index is 995. The number of fused-ring (bicyclic) bond motifs is 1. The van der Waals surface area contributed by atoms with Gasteiger partial charge in [-0.05, 0) is 49.1 Å². The van der Waals surface area contributed by atoms with Crippen molar-refractivity contribution in [2.45, 2.75) is 64.5 Å². The van der Waals surface area contributed by atoms with Crippen molar-refractivity contribution in [1.29, 1.82) is 0 Å². The highest BCUT2D eigenvalue weighted by Gasteiger charge is 2.17. The van der Waals surface area contributed by atoms with Crippen LogP contribution in [0.4, 0.5) is 0 Å². The summed E-state index contributed by atoms with van der Waals surface area (Å²) in [7, 11) is 0. The Morgan fingerprint density at radius 3 is 2.67 bits per heavy atom. The number of halogens is 1. The van der Waals surface area contributed by atoms with Crippen molar-refractivity contribution in [2.24, 2.45) is 0 Å². The summed E-state index contributed by atoms with van der Waals surface area (Å²) < 4.78 is 4.15. The Hall–Kier alpha value is -2.00. The van der Waals surface area contributed by atoms with Crippen LogP contribution in [0.1, 0.15) is 57.9 Å². The number of hydrogen-bond acceptors (Lipinski definition) is 1. The lowest BCUT2D eigenvalue weighted by Crippen LogP contribution is -2.20. The van der Waals surface area contributed by atoms with Crippen LogP contribution in [0.3, 0.4) is 0 Å². The number of hydrogen-bond donors (Lipinski definition) is 0. The molecular formula is C23H27ClN2O. The molecule has 1 aliphatic rings. The molecule has 1 saturated carbocycles. The zero-order chi connectivity index (χ0) is 18.8. The topological polar surface area (TPSA) is 26.9 Å². The van der Waals surface area contributed by atoms with E-state index in [9.17, 15) is 4.79 Å². The molecule has 4 heteroatoms. The smallest absolute Gasteiger partial charge is 0.269 e. The van der Waals surface area contributed by atoms with Gasteiger partial charge in [-0.1, -0.05) is 50.3 Å². The molecule has 4 rings (SSSR count). The standard InChI is InChI=1S/C23H27ClN2O/c1-2-3-13-25-14-12-20(22(24)23(25)27)17-9-10-21-18(16-17)11-15-26(21)19-7-5-4-6-8-19/h9-12,14-16,19H,2-8,13H2,1H3. The SMILES string of the molecule is CCCCn1ccc(-c2ccc3c(ccn3C3CCCCC3)c2)c(Cl)c1=O. The van der Waals surface area contributed by atoms with Crippen LogP contribution >= 0.6 is 11.6 Å². The number of pyridine rings is 1. The Labute approximate surface area is 165 Å². The predicted octanol–water partition coefficient (Wildman–Crippen LogP) is 6.43. The number of aromatic nitrogens is 2. The molecule has 0 atom stereocenters. The Balaban J connectivity index is 1.68. The van der Waals surface area contributed by atoms with Gasteiger partial charge < -0.3 is 9.13 Å². The molecule has 0 saturated heterocycles. The number of benzene rings is 1. The highest BCUT2D eigenvalue weighted by molar-refractivity contribution is 6.33. The van der Waals surface area contributed by atoms with Crippen LogP contribution in [-0.4, -0.2) is 9.13 Å². The van der Waals surface area contributed by atoms with Crippen molar-refractivity contribution in [2.75, 3.05) is 0 Å². The van der Waals surface area contributed by atoms with E-state index in [-0.39, 0.29) is 5.56 Å². The lowest BCUT2D eigenvalue weighted by atomic mass is 9.95. The molecule has 0 radical (unpaired) electrons. The van der Waals surface area contributed by atoms with E-state index in [2.05, 4.69) is 42.0 Å². The molecule has 0 unspecified atom stereocenters. The molecule has 1 aliphatic carbocycles. The molecule has 3 aromatic rings. The van der Waals surface area contributed by atoms with Crippen molar-refractivity contribution >= 4 is 22.5 Å². The number of nitrogens with zero attached hydrogens (tertiary/aromatic N) is 2. The summed E-state index contributed by atoms with van der Waals surface area (Å²) in [6.07, 6.45) is 12.7. The lowest BCUT2D eigenvalue weighted by molar-refractivity contribution is 0.361. The molecule has 2 heterocycles. The van der Waals surface area contributed by atoms with Gasteiger partial charge in [-0.2, -0.15) is 0 Å². The van der Waals surface area contributed by atoms with E-state index in [0.29, 0.717) is 11.1 Å². The highest BCUT2D eigenvalue weighted by atomic mass is 35.5. The van der Waals surface area contributed by atoms with Gasteiger partial charge in [-0.3, -0.25) is 4.79 Å². The number of unbranched alkanes of at least 4 members (excludes halogenated alkanes) is 1. The van der Waals surface area contributed by atoms with Crippen LogP contribution in [0.2, 0.25) is 5.02 Å². The van der Waals surface area contributed by atoms with E-state index in [0.717, 1.165) is 30.5 Å². The number of rotatable bonds is 5. The highest BCUT2D eigenvalue weighted by Crippen LogP contribution is 2.34. The quantitative estimate of drug-likeness (QED) is 0.499. The van der Waals surface area contributed by atoms with Gasteiger partial charge in [0.15, 0.2) is 0 Å². The summed E-state index contributed by atoms with van der Waals surface area (Å²) in [5, 5.41) is 1.53. The fourth-order valence-electron chi connectivity index (χ4n) is 4.28. The molecule has 3 nitrogen and oxygen atoms in total. The first kappa shape index (κ1) is 18.4. The van der Waals surface area contributed by atoms with Gasteiger partial charge in [0, 0.05) is 41.4 Å². The maximum Gasteiger partial charge on any atom is 0.269 e. The molecule has 0 aliphatic heterocycles. The second-order valence-corrected chi connectivity index (χ2v) is 8.06. The third-order valence-electron chi connectivity index (χ3n) is 5.86. The van der Waals surface area contributed by atoms with Crippen molar-refractivity contribution in [3.63, 3.8) is 0 Å². The summed E-state index contributed by atoms with van der Waals surface area (Å²) in [4.78, 5) is 12.6. The zero-order valence-electron chi connectivity index (χ0n) is 16.0. The van der Waals surface area contributed by atoms with Gasteiger partial charge in [0.25, 0.3) is 5.56 Å².